The Hall–Kier alpha value is -3.72. The van der Waals surface area contributed by atoms with Crippen molar-refractivity contribution >= 4 is 52.1 Å². The minimum atomic E-state index is -0.410. The number of para-hydroxylation sites is 1. The number of halogens is 3. The molecule has 3 aromatic carbocycles. The van der Waals surface area contributed by atoms with Gasteiger partial charge in [-0.15, -0.1) is 0 Å². The largest absolute Gasteiger partial charge is 0.337 e. The Morgan fingerprint density at radius 2 is 1.90 bits per heavy atom. The summed E-state index contributed by atoms with van der Waals surface area (Å²) in [4.78, 5) is 26.2. The van der Waals surface area contributed by atoms with E-state index in [0.29, 0.717) is 58.5 Å². The number of piperidine rings is 1. The highest BCUT2D eigenvalue weighted by molar-refractivity contribution is 6.33. The molecule has 210 valence electrons. The van der Waals surface area contributed by atoms with Crippen LogP contribution in [0.3, 0.4) is 0 Å². The molecule has 1 aromatic heterocycles. The first kappa shape index (κ1) is 27.4. The number of benzene rings is 3. The van der Waals surface area contributed by atoms with Crippen LogP contribution in [0.1, 0.15) is 28.8 Å². The van der Waals surface area contributed by atoms with Crippen molar-refractivity contribution in [1.29, 1.82) is 0 Å². The first-order valence-electron chi connectivity index (χ1n) is 13.6. The average Bonchev–Trinajstić information content (AvgIpc) is 3.13. The van der Waals surface area contributed by atoms with Gasteiger partial charge in [-0.05, 0) is 86.5 Å². The average molecular weight is 592 g/mol. The summed E-state index contributed by atoms with van der Waals surface area (Å²) in [7, 11) is 1.94. The van der Waals surface area contributed by atoms with Gasteiger partial charge in [-0.2, -0.15) is 0 Å². The van der Waals surface area contributed by atoms with Gasteiger partial charge in [0.15, 0.2) is 0 Å². The van der Waals surface area contributed by atoms with E-state index in [9.17, 15) is 9.18 Å². The standard InChI is InChI=1S/C31H29Cl2FN6O/c1-35-23-4-3-14-39(18-23)30(41)19-7-10-22(11-8-19)37-31-36-17-20-13-15-40(29-25(33)5-2-6-26(29)34)27-16-21(32)9-12-24(27)28(20)38-31/h2,5-12,16-17,23,35H,3-4,13-15,18H2,1H3,(H,36,37,38). The second kappa shape index (κ2) is 11.6. The molecule has 10 heteroatoms. The molecule has 1 unspecified atom stereocenters. The Morgan fingerprint density at radius 1 is 1.07 bits per heavy atom. The highest BCUT2D eigenvalue weighted by Crippen LogP contribution is 2.43. The third-order valence-corrected chi connectivity index (χ3v) is 8.23. The normalized spacial score (nSPS) is 16.5. The molecule has 1 atom stereocenters. The van der Waals surface area contributed by atoms with Crippen LogP contribution in [0.25, 0.3) is 11.3 Å². The summed E-state index contributed by atoms with van der Waals surface area (Å²) < 4.78 is 15.0. The van der Waals surface area contributed by atoms with Gasteiger partial charge in [0.2, 0.25) is 5.95 Å². The van der Waals surface area contributed by atoms with Gasteiger partial charge in [-0.1, -0.05) is 29.3 Å². The predicted molar refractivity (Wildman–Crippen MR) is 162 cm³/mol. The zero-order valence-electron chi connectivity index (χ0n) is 22.5. The zero-order valence-corrected chi connectivity index (χ0v) is 24.0. The zero-order chi connectivity index (χ0) is 28.5. The van der Waals surface area contributed by atoms with E-state index in [0.717, 1.165) is 41.9 Å². The molecule has 41 heavy (non-hydrogen) atoms. The Bertz CT molecular complexity index is 1580. The second-order valence-corrected chi connectivity index (χ2v) is 11.1. The third-order valence-electron chi connectivity index (χ3n) is 7.69. The van der Waals surface area contributed by atoms with Crippen molar-refractivity contribution in [3.05, 3.63) is 93.8 Å². The summed E-state index contributed by atoms with van der Waals surface area (Å²) in [5.74, 6) is 0.0356. The summed E-state index contributed by atoms with van der Waals surface area (Å²) >= 11 is 12.9. The summed E-state index contributed by atoms with van der Waals surface area (Å²) in [6, 6.07) is 17.8. The highest BCUT2D eigenvalue weighted by Gasteiger charge is 2.27. The second-order valence-electron chi connectivity index (χ2n) is 10.3. The lowest BCUT2D eigenvalue weighted by atomic mass is 10.0. The summed E-state index contributed by atoms with van der Waals surface area (Å²) in [5.41, 5.74) is 4.89. The molecular formula is C31H29Cl2FN6O. The third kappa shape index (κ3) is 5.60. The molecule has 1 saturated heterocycles. The number of hydrogen-bond donors (Lipinski definition) is 2. The smallest absolute Gasteiger partial charge is 0.253 e. The topological polar surface area (TPSA) is 73.4 Å². The molecular weight excluding hydrogens is 562 g/mol. The number of carbonyl (C=O) groups is 1. The van der Waals surface area contributed by atoms with E-state index in [4.69, 9.17) is 28.2 Å². The van der Waals surface area contributed by atoms with Gasteiger partial charge in [0.05, 0.1) is 22.1 Å². The molecule has 1 fully saturated rings. The molecule has 6 rings (SSSR count). The van der Waals surface area contributed by atoms with Gasteiger partial charge in [0.25, 0.3) is 5.91 Å². The fourth-order valence-corrected chi connectivity index (χ4v) is 5.98. The molecule has 4 aromatic rings. The van der Waals surface area contributed by atoms with Crippen molar-refractivity contribution in [2.45, 2.75) is 25.3 Å². The quantitative estimate of drug-likeness (QED) is 0.265. The number of amides is 1. The van der Waals surface area contributed by atoms with E-state index < -0.39 is 5.82 Å². The van der Waals surface area contributed by atoms with Crippen molar-refractivity contribution < 1.29 is 9.18 Å². The van der Waals surface area contributed by atoms with Crippen LogP contribution < -0.4 is 15.5 Å². The molecule has 2 aliphatic rings. The van der Waals surface area contributed by atoms with Crippen molar-refractivity contribution in [2.24, 2.45) is 0 Å². The monoisotopic (exact) mass is 590 g/mol. The number of carbonyl (C=O) groups excluding carboxylic acids is 1. The number of rotatable bonds is 5. The molecule has 0 aliphatic carbocycles. The number of likely N-dealkylation sites (tertiary alicyclic amines) is 1. The van der Waals surface area contributed by atoms with Crippen molar-refractivity contribution in [2.75, 3.05) is 36.9 Å². The van der Waals surface area contributed by atoms with E-state index in [1.54, 1.807) is 30.5 Å². The molecule has 0 bridgehead atoms. The fraction of sp³-hybridized carbons (Fsp3) is 0.258. The van der Waals surface area contributed by atoms with Crippen LogP contribution in [0.2, 0.25) is 10.0 Å². The van der Waals surface area contributed by atoms with Gasteiger partial charge < -0.3 is 20.4 Å². The Morgan fingerprint density at radius 3 is 2.68 bits per heavy atom. The Labute approximate surface area is 248 Å². The molecule has 0 radical (unpaired) electrons. The predicted octanol–water partition coefficient (Wildman–Crippen LogP) is 6.85. The highest BCUT2D eigenvalue weighted by atomic mass is 35.5. The van der Waals surface area contributed by atoms with Crippen molar-refractivity contribution in [1.82, 2.24) is 20.2 Å². The van der Waals surface area contributed by atoms with Gasteiger partial charge in [-0.25, -0.2) is 14.4 Å². The van der Waals surface area contributed by atoms with Crippen LogP contribution in [-0.2, 0) is 6.42 Å². The lowest BCUT2D eigenvalue weighted by Gasteiger charge is -2.32. The van der Waals surface area contributed by atoms with E-state index >= 15 is 0 Å². The minimum absolute atomic E-state index is 0.0348. The number of fused-ring (bicyclic) bond motifs is 3. The van der Waals surface area contributed by atoms with Crippen LogP contribution in [0, 0.1) is 5.82 Å². The Kier molecular flexibility index (Phi) is 7.79. The molecule has 2 N–H and O–H groups in total. The fourth-order valence-electron chi connectivity index (χ4n) is 5.55. The van der Waals surface area contributed by atoms with E-state index in [1.807, 2.05) is 47.2 Å². The van der Waals surface area contributed by atoms with Gasteiger partial charge >= 0.3 is 0 Å². The molecule has 7 nitrogen and oxygen atoms in total. The minimum Gasteiger partial charge on any atom is -0.337 e. The molecule has 0 saturated carbocycles. The molecule has 2 aliphatic heterocycles. The number of nitrogens with zero attached hydrogens (tertiary/aromatic N) is 4. The SMILES string of the molecule is CNC1CCCN(C(=O)c2ccc(Nc3ncc4c(n3)-c3ccc(Cl)cc3N(c3c(F)cccc3Cl)CC4)cc2)C1. The van der Waals surface area contributed by atoms with Crippen LogP contribution in [-0.4, -0.2) is 53.5 Å². The molecule has 3 heterocycles. The van der Waals surface area contributed by atoms with E-state index in [1.165, 1.54) is 6.07 Å². The first-order chi connectivity index (χ1) is 19.9. The lowest BCUT2D eigenvalue weighted by Crippen LogP contribution is -2.46. The summed E-state index contributed by atoms with van der Waals surface area (Å²) in [5, 5.41) is 7.38. The summed E-state index contributed by atoms with van der Waals surface area (Å²) in [6.45, 7) is 1.96. The van der Waals surface area contributed by atoms with Gasteiger partial charge in [0, 0.05) is 53.7 Å². The number of hydrogen-bond acceptors (Lipinski definition) is 6. The maximum absolute atomic E-state index is 15.0. The number of anilines is 4. The Balaban J connectivity index is 1.27. The molecule has 1 amide bonds. The first-order valence-corrected chi connectivity index (χ1v) is 14.4. The number of aromatic nitrogens is 2. The van der Waals surface area contributed by atoms with Crippen LogP contribution in [0.15, 0.2) is 66.9 Å². The van der Waals surface area contributed by atoms with Gasteiger partial charge in [0.1, 0.15) is 5.82 Å². The maximum Gasteiger partial charge on any atom is 0.253 e. The summed E-state index contributed by atoms with van der Waals surface area (Å²) in [6.07, 6.45) is 4.44. The van der Waals surface area contributed by atoms with E-state index in [-0.39, 0.29) is 5.91 Å². The number of likely N-dealkylation sites (N-methyl/N-ethyl adjacent to an activating group) is 1. The lowest BCUT2D eigenvalue weighted by molar-refractivity contribution is 0.0698. The van der Waals surface area contributed by atoms with Crippen LogP contribution >= 0.6 is 23.2 Å². The molecule has 0 spiro atoms. The number of nitrogens with one attached hydrogen (secondary N) is 2. The maximum atomic E-state index is 15.0. The van der Waals surface area contributed by atoms with Gasteiger partial charge in [-0.3, -0.25) is 4.79 Å². The van der Waals surface area contributed by atoms with Crippen molar-refractivity contribution in [3.63, 3.8) is 0 Å². The van der Waals surface area contributed by atoms with Crippen molar-refractivity contribution in [3.8, 4) is 11.3 Å². The van der Waals surface area contributed by atoms with Crippen LogP contribution in [0.5, 0.6) is 0 Å². The van der Waals surface area contributed by atoms with E-state index in [2.05, 4.69) is 15.6 Å². The van der Waals surface area contributed by atoms with Crippen LogP contribution in [0.4, 0.5) is 27.4 Å².